The molecular weight excluding hydrogens is 325 g/mol. The summed E-state index contributed by atoms with van der Waals surface area (Å²) < 4.78 is 12.2. The highest BCUT2D eigenvalue weighted by atomic mass is 28.3. The molecule has 1 aliphatic heterocycles. The van der Waals surface area contributed by atoms with Gasteiger partial charge in [0, 0.05) is 8.80 Å². The van der Waals surface area contributed by atoms with Crippen LogP contribution in [0.2, 0.25) is 17.6 Å². The Labute approximate surface area is 154 Å². The quantitative estimate of drug-likeness (QED) is 0.429. The minimum absolute atomic E-state index is 0.134. The van der Waals surface area contributed by atoms with Crippen LogP contribution in [-0.4, -0.2) is 15.5 Å². The van der Waals surface area contributed by atoms with Gasteiger partial charge in [-0.15, -0.1) is 0 Å². The molecular formula is C22H32FNSi. The second-order valence-electron chi connectivity index (χ2n) is 8.31. The van der Waals surface area contributed by atoms with Crippen molar-refractivity contribution in [1.29, 1.82) is 5.26 Å². The zero-order valence-corrected chi connectivity index (χ0v) is 16.6. The first-order valence-electron chi connectivity index (χ1n) is 10.4. The molecule has 0 bridgehead atoms. The molecule has 1 saturated carbocycles. The third-order valence-corrected chi connectivity index (χ3v) is 11.0. The molecule has 0 amide bonds. The van der Waals surface area contributed by atoms with E-state index in [4.69, 9.17) is 5.26 Å². The van der Waals surface area contributed by atoms with E-state index in [1.54, 1.807) is 0 Å². The molecule has 0 unspecified atom stereocenters. The van der Waals surface area contributed by atoms with E-state index in [9.17, 15) is 4.39 Å². The fraction of sp³-hybridized carbons (Fsp3) is 0.682. The Morgan fingerprint density at radius 2 is 1.64 bits per heavy atom. The number of unbranched alkanes of at least 4 members (excludes halogenated alkanes) is 1. The molecule has 1 aliphatic carbocycles. The SMILES string of the molecule is N#Cc1ccc([C@H]2CC[Si@H]([C@H]3CC[C@H](CCCCF)CC3)CC2)cc1. The minimum Gasteiger partial charge on any atom is -0.251 e. The van der Waals surface area contributed by atoms with Crippen molar-refractivity contribution in [2.45, 2.75) is 81.3 Å². The summed E-state index contributed by atoms with van der Waals surface area (Å²) in [6.07, 6.45) is 11.7. The van der Waals surface area contributed by atoms with Gasteiger partial charge in [-0.05, 0) is 54.3 Å². The van der Waals surface area contributed by atoms with Gasteiger partial charge in [0.2, 0.25) is 0 Å². The first-order valence-corrected chi connectivity index (χ1v) is 12.7. The van der Waals surface area contributed by atoms with Crippen LogP contribution < -0.4 is 0 Å². The average molecular weight is 358 g/mol. The van der Waals surface area contributed by atoms with Crippen molar-refractivity contribution in [3.8, 4) is 6.07 Å². The lowest BCUT2D eigenvalue weighted by molar-refractivity contribution is 0.318. The summed E-state index contributed by atoms with van der Waals surface area (Å²) in [5.74, 6) is 1.63. The van der Waals surface area contributed by atoms with Crippen LogP contribution in [-0.2, 0) is 0 Å². The molecule has 0 aromatic heterocycles. The largest absolute Gasteiger partial charge is 0.251 e. The van der Waals surface area contributed by atoms with Gasteiger partial charge in [0.1, 0.15) is 0 Å². The standard InChI is InChI=1S/C22H32FNSi/c23-14-2-1-3-18-6-10-22(11-7-18)25-15-12-21(13-16-25)20-8-4-19(17-24)5-9-20/h4-5,8-9,18,21-22,25H,1-3,6-7,10-16H2/t18-,21-,22-,25-. The first-order chi connectivity index (χ1) is 12.3. The Morgan fingerprint density at radius 1 is 0.960 bits per heavy atom. The van der Waals surface area contributed by atoms with Gasteiger partial charge in [0.15, 0.2) is 0 Å². The maximum Gasteiger partial charge on any atom is 0.0991 e. The third kappa shape index (κ3) is 5.17. The summed E-state index contributed by atoms with van der Waals surface area (Å²) in [7, 11) is -0.558. The number of benzene rings is 1. The summed E-state index contributed by atoms with van der Waals surface area (Å²) in [5, 5.41) is 8.94. The Bertz CT molecular complexity index is 548. The van der Waals surface area contributed by atoms with Crippen LogP contribution in [0.3, 0.4) is 0 Å². The molecule has 0 N–H and O–H groups in total. The predicted octanol–water partition coefficient (Wildman–Crippen LogP) is 6.36. The van der Waals surface area contributed by atoms with Crippen molar-refractivity contribution in [2.75, 3.05) is 6.67 Å². The summed E-state index contributed by atoms with van der Waals surface area (Å²) in [4.78, 5) is 0. The Hall–Kier alpha value is -1.14. The number of nitrogens with zero attached hydrogens (tertiary/aromatic N) is 1. The highest BCUT2D eigenvalue weighted by Crippen LogP contribution is 2.43. The van der Waals surface area contributed by atoms with Gasteiger partial charge < -0.3 is 0 Å². The van der Waals surface area contributed by atoms with Gasteiger partial charge in [0.25, 0.3) is 0 Å². The lowest BCUT2D eigenvalue weighted by Gasteiger charge is -2.37. The summed E-state index contributed by atoms with van der Waals surface area (Å²) in [5.41, 5.74) is 3.30. The van der Waals surface area contributed by atoms with Crippen LogP contribution >= 0.6 is 0 Å². The molecule has 136 valence electrons. The van der Waals surface area contributed by atoms with Crippen LogP contribution in [0.4, 0.5) is 4.39 Å². The Balaban J connectivity index is 1.41. The number of nitriles is 1. The smallest absolute Gasteiger partial charge is 0.0991 e. The van der Waals surface area contributed by atoms with Crippen molar-refractivity contribution in [3.63, 3.8) is 0 Å². The summed E-state index contributed by atoms with van der Waals surface area (Å²) in [6.45, 7) is -0.134. The summed E-state index contributed by atoms with van der Waals surface area (Å²) in [6, 6.07) is 13.5. The second-order valence-corrected chi connectivity index (χ2v) is 11.9. The number of alkyl halides is 1. The van der Waals surface area contributed by atoms with Crippen LogP contribution in [0.25, 0.3) is 0 Å². The Kier molecular flexibility index (Phi) is 7.10. The van der Waals surface area contributed by atoms with E-state index >= 15 is 0 Å². The highest BCUT2D eigenvalue weighted by Gasteiger charge is 2.32. The van der Waals surface area contributed by atoms with E-state index < -0.39 is 8.80 Å². The van der Waals surface area contributed by atoms with Crippen molar-refractivity contribution in [1.82, 2.24) is 0 Å². The number of hydrogen-bond donors (Lipinski definition) is 0. The van der Waals surface area contributed by atoms with Crippen molar-refractivity contribution in [2.24, 2.45) is 5.92 Å². The van der Waals surface area contributed by atoms with Gasteiger partial charge >= 0.3 is 0 Å². The van der Waals surface area contributed by atoms with Gasteiger partial charge in [0.05, 0.1) is 18.3 Å². The number of rotatable bonds is 6. The molecule has 1 nitrogen and oxygen atoms in total. The van der Waals surface area contributed by atoms with Gasteiger partial charge in [-0.25, -0.2) is 0 Å². The van der Waals surface area contributed by atoms with Crippen LogP contribution in [0, 0.1) is 17.2 Å². The van der Waals surface area contributed by atoms with E-state index in [2.05, 4.69) is 18.2 Å². The van der Waals surface area contributed by atoms with E-state index in [1.807, 2.05) is 12.1 Å². The van der Waals surface area contributed by atoms with Crippen LogP contribution in [0.1, 0.15) is 74.8 Å². The zero-order chi connectivity index (χ0) is 17.5. The van der Waals surface area contributed by atoms with Gasteiger partial charge in [-0.3, -0.25) is 4.39 Å². The molecule has 0 radical (unpaired) electrons. The number of hydrogen-bond acceptors (Lipinski definition) is 1. The molecule has 3 heteroatoms. The van der Waals surface area contributed by atoms with Crippen LogP contribution in [0.5, 0.6) is 0 Å². The highest BCUT2D eigenvalue weighted by molar-refractivity contribution is 6.60. The monoisotopic (exact) mass is 357 g/mol. The van der Waals surface area contributed by atoms with Crippen LogP contribution in [0.15, 0.2) is 24.3 Å². The maximum atomic E-state index is 12.2. The second kappa shape index (κ2) is 9.53. The molecule has 1 saturated heterocycles. The fourth-order valence-corrected chi connectivity index (χ4v) is 9.45. The minimum atomic E-state index is -0.558. The zero-order valence-electron chi connectivity index (χ0n) is 15.4. The molecule has 2 fully saturated rings. The molecule has 25 heavy (non-hydrogen) atoms. The molecule has 0 atom stereocenters. The Morgan fingerprint density at radius 3 is 2.24 bits per heavy atom. The third-order valence-electron chi connectivity index (χ3n) is 6.84. The topological polar surface area (TPSA) is 23.8 Å². The van der Waals surface area contributed by atoms with Gasteiger partial charge in [-0.2, -0.15) is 5.26 Å². The lowest BCUT2D eigenvalue weighted by Crippen LogP contribution is -2.29. The van der Waals surface area contributed by atoms with E-state index in [1.165, 1.54) is 62.6 Å². The molecule has 1 heterocycles. The lowest BCUT2D eigenvalue weighted by atomic mass is 9.85. The molecule has 0 spiro atoms. The van der Waals surface area contributed by atoms with Crippen molar-refractivity contribution < 1.29 is 4.39 Å². The van der Waals surface area contributed by atoms with E-state index in [-0.39, 0.29) is 6.67 Å². The van der Waals surface area contributed by atoms with E-state index in [0.29, 0.717) is 0 Å². The average Bonchev–Trinajstić information content (AvgIpc) is 2.69. The van der Waals surface area contributed by atoms with Crippen molar-refractivity contribution in [3.05, 3.63) is 35.4 Å². The normalized spacial score (nSPS) is 29.9. The number of halogens is 1. The molecule has 1 aromatic rings. The predicted molar refractivity (Wildman–Crippen MR) is 105 cm³/mol. The van der Waals surface area contributed by atoms with E-state index in [0.717, 1.165) is 35.8 Å². The molecule has 2 aliphatic rings. The maximum absolute atomic E-state index is 12.2. The first kappa shape index (κ1) is 18.6. The molecule has 3 rings (SSSR count). The fourth-order valence-electron chi connectivity index (χ4n) is 5.23. The van der Waals surface area contributed by atoms with Crippen molar-refractivity contribution >= 4 is 8.80 Å². The van der Waals surface area contributed by atoms with Gasteiger partial charge in [-0.1, -0.05) is 62.7 Å². The molecule has 1 aromatic carbocycles. The summed E-state index contributed by atoms with van der Waals surface area (Å²) >= 11 is 0.